The van der Waals surface area contributed by atoms with E-state index in [9.17, 15) is 14.9 Å². The maximum atomic E-state index is 12.4. The van der Waals surface area contributed by atoms with Crippen LogP contribution in [0.3, 0.4) is 0 Å². The molecule has 0 aromatic rings. The Bertz CT molecular complexity index is 589. The maximum absolute atomic E-state index is 12.4. The Kier molecular flexibility index (Phi) is 4.74. The van der Waals surface area contributed by atoms with Gasteiger partial charge in [-0.2, -0.15) is 5.26 Å². The monoisotopic (exact) mass is 332 g/mol. The van der Waals surface area contributed by atoms with E-state index in [0.717, 1.165) is 45.1 Å². The lowest BCUT2D eigenvalue weighted by Crippen LogP contribution is -2.58. The third-order valence-electron chi connectivity index (χ3n) is 5.30. The third-order valence-corrected chi connectivity index (χ3v) is 5.30. The summed E-state index contributed by atoms with van der Waals surface area (Å²) in [6.45, 7) is 3.43. The van der Waals surface area contributed by atoms with Crippen LogP contribution in [0.25, 0.3) is 0 Å². The fraction of sp³-hybridized carbons (Fsp3) is 0.765. The molecule has 2 heterocycles. The van der Waals surface area contributed by atoms with Gasteiger partial charge in [-0.05, 0) is 32.6 Å². The Balaban J connectivity index is 1.80. The van der Waals surface area contributed by atoms with Crippen LogP contribution in [0.15, 0.2) is 4.99 Å². The van der Waals surface area contributed by atoms with Crippen molar-refractivity contribution in [3.05, 3.63) is 0 Å². The number of guanidine groups is 1. The molecule has 2 fully saturated rings. The van der Waals surface area contributed by atoms with E-state index >= 15 is 0 Å². The lowest BCUT2D eigenvalue weighted by Gasteiger charge is -2.40. The first kappa shape index (κ1) is 16.7. The zero-order chi connectivity index (χ0) is 17.2. The summed E-state index contributed by atoms with van der Waals surface area (Å²) in [7, 11) is 0. The molecule has 0 aromatic heterocycles. The number of nitrogens with one attached hydrogen (secondary N) is 1. The quantitative estimate of drug-likeness (QED) is 0.767. The van der Waals surface area contributed by atoms with Crippen LogP contribution in [0, 0.1) is 23.2 Å². The highest BCUT2D eigenvalue weighted by molar-refractivity contribution is 6.02. The van der Waals surface area contributed by atoms with Gasteiger partial charge in [0.05, 0.1) is 24.1 Å². The van der Waals surface area contributed by atoms with E-state index in [4.69, 9.17) is 9.73 Å². The molecule has 1 amide bonds. The van der Waals surface area contributed by atoms with Crippen molar-refractivity contribution >= 4 is 17.8 Å². The fourth-order valence-corrected chi connectivity index (χ4v) is 4.07. The van der Waals surface area contributed by atoms with Gasteiger partial charge in [-0.1, -0.05) is 12.8 Å². The van der Waals surface area contributed by atoms with Gasteiger partial charge in [0.25, 0.3) is 0 Å². The van der Waals surface area contributed by atoms with E-state index in [0.29, 0.717) is 19.1 Å². The van der Waals surface area contributed by atoms with Gasteiger partial charge in [-0.3, -0.25) is 14.9 Å². The van der Waals surface area contributed by atoms with Crippen molar-refractivity contribution in [1.82, 2.24) is 10.2 Å². The predicted octanol–water partition coefficient (Wildman–Crippen LogP) is 1.20. The number of hydrogen-bond acceptors (Lipinski definition) is 6. The van der Waals surface area contributed by atoms with Gasteiger partial charge in [0, 0.05) is 13.1 Å². The number of carbonyl (C=O) groups excluding carboxylic acids is 2. The Morgan fingerprint density at radius 2 is 2.21 bits per heavy atom. The number of amides is 1. The van der Waals surface area contributed by atoms with E-state index in [1.807, 2.05) is 4.90 Å². The number of esters is 1. The molecule has 24 heavy (non-hydrogen) atoms. The number of rotatable bonds is 2. The van der Waals surface area contributed by atoms with E-state index in [-0.39, 0.29) is 17.8 Å². The van der Waals surface area contributed by atoms with Crippen molar-refractivity contribution in [3.8, 4) is 6.07 Å². The minimum atomic E-state index is -0.714. The Labute approximate surface area is 142 Å². The molecular weight excluding hydrogens is 308 g/mol. The van der Waals surface area contributed by atoms with Gasteiger partial charge in [-0.25, -0.2) is 4.99 Å². The van der Waals surface area contributed by atoms with Gasteiger partial charge in [0.2, 0.25) is 11.9 Å². The van der Waals surface area contributed by atoms with Crippen LogP contribution < -0.4 is 5.32 Å². The summed E-state index contributed by atoms with van der Waals surface area (Å²) >= 11 is 0. The second-order valence-electron chi connectivity index (χ2n) is 6.83. The summed E-state index contributed by atoms with van der Waals surface area (Å²) in [6.07, 6.45) is 5.19. The Morgan fingerprint density at radius 3 is 2.88 bits per heavy atom. The van der Waals surface area contributed by atoms with E-state index in [1.165, 1.54) is 0 Å². The molecule has 2 atom stereocenters. The number of hydrogen-bond donors (Lipinski definition) is 1. The Hall–Kier alpha value is -2.10. The number of nitrogens with zero attached hydrogens (tertiary/aromatic N) is 3. The van der Waals surface area contributed by atoms with E-state index < -0.39 is 11.5 Å². The van der Waals surface area contributed by atoms with Crippen molar-refractivity contribution in [1.29, 1.82) is 5.26 Å². The standard InChI is InChI=1S/C17H24N4O3/c1-2-24-15(23)12-6-5-9-21(11-12)16-19-14(22)13(10-18)17(20-16)7-3-4-8-17/h12-13H,2-9,11H2,1H3,(H,19,20,22)/t12-,13+/m0/s1. The molecule has 1 spiro atoms. The molecule has 7 heteroatoms. The van der Waals surface area contributed by atoms with Crippen LogP contribution in [0.5, 0.6) is 0 Å². The van der Waals surface area contributed by atoms with Gasteiger partial charge >= 0.3 is 5.97 Å². The molecule has 130 valence electrons. The topological polar surface area (TPSA) is 94.8 Å². The van der Waals surface area contributed by atoms with Crippen molar-refractivity contribution < 1.29 is 14.3 Å². The predicted molar refractivity (Wildman–Crippen MR) is 86.8 cm³/mol. The van der Waals surface area contributed by atoms with Crippen molar-refractivity contribution in [3.63, 3.8) is 0 Å². The second kappa shape index (κ2) is 6.80. The Morgan fingerprint density at radius 1 is 1.46 bits per heavy atom. The smallest absolute Gasteiger partial charge is 0.310 e. The molecule has 7 nitrogen and oxygen atoms in total. The number of likely N-dealkylation sites (tertiary alicyclic amines) is 1. The molecule has 2 aliphatic heterocycles. The highest BCUT2D eigenvalue weighted by Gasteiger charge is 2.49. The van der Waals surface area contributed by atoms with E-state index in [1.54, 1.807) is 6.92 Å². The van der Waals surface area contributed by atoms with Crippen LogP contribution in [-0.2, 0) is 14.3 Å². The highest BCUT2D eigenvalue weighted by atomic mass is 16.5. The second-order valence-corrected chi connectivity index (χ2v) is 6.83. The van der Waals surface area contributed by atoms with Gasteiger partial charge in [0.15, 0.2) is 5.92 Å². The van der Waals surface area contributed by atoms with Gasteiger partial charge in [-0.15, -0.1) is 0 Å². The minimum absolute atomic E-state index is 0.185. The first-order chi connectivity index (χ1) is 11.6. The summed E-state index contributed by atoms with van der Waals surface area (Å²) in [4.78, 5) is 31.2. The summed E-state index contributed by atoms with van der Waals surface area (Å²) < 4.78 is 5.13. The van der Waals surface area contributed by atoms with Crippen molar-refractivity contribution in [2.24, 2.45) is 16.8 Å². The molecule has 3 aliphatic rings. The zero-order valence-electron chi connectivity index (χ0n) is 14.1. The largest absolute Gasteiger partial charge is 0.466 e. The molecule has 1 N–H and O–H groups in total. The molecule has 1 aliphatic carbocycles. The van der Waals surface area contributed by atoms with Crippen molar-refractivity contribution in [2.75, 3.05) is 19.7 Å². The first-order valence-electron chi connectivity index (χ1n) is 8.81. The number of nitriles is 1. The lowest BCUT2D eigenvalue weighted by atomic mass is 9.82. The van der Waals surface area contributed by atoms with Crippen LogP contribution in [0.2, 0.25) is 0 Å². The zero-order valence-corrected chi connectivity index (χ0v) is 14.1. The van der Waals surface area contributed by atoms with E-state index in [2.05, 4.69) is 11.4 Å². The minimum Gasteiger partial charge on any atom is -0.466 e. The summed E-state index contributed by atoms with van der Waals surface area (Å²) in [5, 5.41) is 12.2. The summed E-state index contributed by atoms with van der Waals surface area (Å²) in [5.74, 6) is -0.818. The number of aliphatic imine (C=N–C) groups is 1. The molecular formula is C17H24N4O3. The van der Waals surface area contributed by atoms with Gasteiger partial charge in [0.1, 0.15) is 0 Å². The van der Waals surface area contributed by atoms with Crippen LogP contribution >= 0.6 is 0 Å². The van der Waals surface area contributed by atoms with Gasteiger partial charge < -0.3 is 9.64 Å². The lowest BCUT2D eigenvalue weighted by molar-refractivity contribution is -0.149. The molecule has 0 radical (unpaired) electrons. The average molecular weight is 332 g/mol. The van der Waals surface area contributed by atoms with Crippen molar-refractivity contribution in [2.45, 2.75) is 51.0 Å². The average Bonchev–Trinajstić information content (AvgIpc) is 3.03. The molecule has 0 unspecified atom stereocenters. The fourth-order valence-electron chi connectivity index (χ4n) is 4.07. The molecule has 0 aromatic carbocycles. The highest BCUT2D eigenvalue weighted by Crippen LogP contribution is 2.41. The number of carbonyl (C=O) groups is 2. The molecule has 0 bridgehead atoms. The molecule has 3 rings (SSSR count). The molecule has 1 saturated heterocycles. The first-order valence-corrected chi connectivity index (χ1v) is 8.81. The van der Waals surface area contributed by atoms with Crippen LogP contribution in [0.1, 0.15) is 45.4 Å². The number of ether oxygens (including phenoxy) is 1. The molecule has 1 saturated carbocycles. The summed E-state index contributed by atoms with van der Waals surface area (Å²) in [6, 6.07) is 2.14. The third kappa shape index (κ3) is 2.97. The summed E-state index contributed by atoms with van der Waals surface area (Å²) in [5.41, 5.74) is -0.580. The SMILES string of the molecule is CCOC(=O)[C@H]1CCCN(C2=NC3(CCCC3)[C@H](C#N)C(=O)N2)C1. The maximum Gasteiger partial charge on any atom is 0.310 e. The number of piperidine rings is 1. The van der Waals surface area contributed by atoms with Crippen LogP contribution in [0.4, 0.5) is 0 Å². The van der Waals surface area contributed by atoms with Crippen LogP contribution in [-0.4, -0.2) is 48.0 Å². The normalized spacial score (nSPS) is 28.9.